The first-order valence-electron chi connectivity index (χ1n) is 9.16. The van der Waals surface area contributed by atoms with Crippen molar-refractivity contribution in [2.45, 2.75) is 45.5 Å². The number of likely N-dealkylation sites (N-methyl/N-ethyl adjacent to an activating group) is 1. The zero-order valence-electron chi connectivity index (χ0n) is 16.4. The van der Waals surface area contributed by atoms with Crippen LogP contribution in [0.4, 0.5) is 4.79 Å². The van der Waals surface area contributed by atoms with E-state index in [0.717, 1.165) is 12.8 Å². The monoisotopic (exact) mass is 378 g/mol. The Labute approximate surface area is 160 Å². The van der Waals surface area contributed by atoms with Crippen molar-refractivity contribution >= 4 is 25.2 Å². The second-order valence-corrected chi connectivity index (χ2v) is 7.85. The normalized spacial score (nSPS) is 20.0. The van der Waals surface area contributed by atoms with Gasteiger partial charge in [-0.1, -0.05) is 0 Å². The smallest absolute Gasteiger partial charge is 0.498 e. The summed E-state index contributed by atoms with van der Waals surface area (Å²) in [4.78, 5) is 38.6. The molecule has 0 spiro atoms. The molecular formula is C18H27BN2O6. The summed E-state index contributed by atoms with van der Waals surface area (Å²) in [6.07, 6.45) is 1.35. The maximum Gasteiger partial charge on any atom is 0.611 e. The van der Waals surface area contributed by atoms with Gasteiger partial charge in [-0.15, -0.1) is 11.8 Å². The number of hydrogen-bond acceptors (Lipinski definition) is 7. The Hall–Kier alpha value is -2.21. The van der Waals surface area contributed by atoms with E-state index >= 15 is 0 Å². The third kappa shape index (κ3) is 7.51. The molecule has 2 fully saturated rings. The molecule has 2 aliphatic rings. The van der Waals surface area contributed by atoms with E-state index in [1.807, 2.05) is 20.8 Å². The zero-order chi connectivity index (χ0) is 20.0. The van der Waals surface area contributed by atoms with Crippen LogP contribution in [0.3, 0.4) is 0 Å². The van der Waals surface area contributed by atoms with Gasteiger partial charge in [-0.25, -0.2) is 4.79 Å². The Bertz CT molecular complexity index is 608. The van der Waals surface area contributed by atoms with Gasteiger partial charge in [-0.2, -0.15) is 0 Å². The molecule has 9 heteroatoms. The lowest BCUT2D eigenvalue weighted by atomic mass is 9.84. The van der Waals surface area contributed by atoms with E-state index in [0.29, 0.717) is 13.1 Å². The fraction of sp³-hybridized carbons (Fsp3) is 0.722. The van der Waals surface area contributed by atoms with Crippen molar-refractivity contribution in [3.05, 3.63) is 0 Å². The van der Waals surface area contributed by atoms with Gasteiger partial charge in [0.1, 0.15) is 5.60 Å². The van der Waals surface area contributed by atoms with Gasteiger partial charge < -0.3 is 18.9 Å². The average Bonchev–Trinajstić information content (AvgIpc) is 2.52. The molecule has 2 rings (SSSR count). The van der Waals surface area contributed by atoms with Crippen molar-refractivity contribution in [2.24, 2.45) is 5.92 Å². The van der Waals surface area contributed by atoms with Crippen LogP contribution in [0.5, 0.6) is 0 Å². The standard InChI is InChI=1S/C18H27BN2O6/c1-18(2,3)25-17(24)21-10-7-14(8-11-21)6-5-9-19-26-15(22)12-20(4)13-16(23)27-19/h14H,7-13H2,1-4H3. The van der Waals surface area contributed by atoms with Gasteiger partial charge in [0.05, 0.1) is 19.4 Å². The molecule has 0 aliphatic carbocycles. The Balaban J connectivity index is 1.79. The van der Waals surface area contributed by atoms with Gasteiger partial charge in [0, 0.05) is 19.0 Å². The number of nitrogens with zero attached hydrogens (tertiary/aromatic N) is 2. The number of hydrogen-bond donors (Lipinski definition) is 0. The fourth-order valence-corrected chi connectivity index (χ4v) is 2.79. The largest absolute Gasteiger partial charge is 0.611 e. The molecule has 0 aromatic heterocycles. The summed E-state index contributed by atoms with van der Waals surface area (Å²) in [6, 6.07) is 0. The summed E-state index contributed by atoms with van der Waals surface area (Å²) < 4.78 is 15.6. The molecule has 0 unspecified atom stereocenters. The maximum atomic E-state index is 12.1. The molecule has 8 nitrogen and oxygen atoms in total. The van der Waals surface area contributed by atoms with Gasteiger partial charge in [0.25, 0.3) is 0 Å². The zero-order valence-corrected chi connectivity index (χ0v) is 16.4. The number of carbonyl (C=O) groups excluding carboxylic acids is 3. The number of amides is 1. The first-order valence-corrected chi connectivity index (χ1v) is 9.16. The number of carbonyl (C=O) groups is 3. The van der Waals surface area contributed by atoms with E-state index in [-0.39, 0.29) is 31.4 Å². The highest BCUT2D eigenvalue weighted by molar-refractivity contribution is 6.50. The van der Waals surface area contributed by atoms with E-state index in [1.54, 1.807) is 11.9 Å². The SMILES string of the molecule is CN1CC(=O)OB(CC#CC2CCN(C(=O)OC(C)(C)C)CC2)OC(=O)C1. The molecular weight excluding hydrogens is 351 g/mol. The second-order valence-electron chi connectivity index (χ2n) is 7.85. The molecule has 2 saturated heterocycles. The molecule has 0 N–H and O–H groups in total. The molecule has 0 radical (unpaired) electrons. The lowest BCUT2D eigenvalue weighted by Crippen LogP contribution is -2.42. The third-order valence-electron chi connectivity index (χ3n) is 4.05. The summed E-state index contributed by atoms with van der Waals surface area (Å²) in [6.45, 7) is 6.80. The van der Waals surface area contributed by atoms with Crippen LogP contribution < -0.4 is 0 Å². The minimum absolute atomic E-state index is 0.0438. The highest BCUT2D eigenvalue weighted by atomic mass is 16.6. The summed E-state index contributed by atoms with van der Waals surface area (Å²) in [7, 11) is 0.680. The molecule has 0 aromatic rings. The van der Waals surface area contributed by atoms with E-state index in [2.05, 4.69) is 11.8 Å². The maximum absolute atomic E-state index is 12.1. The van der Waals surface area contributed by atoms with Crippen LogP contribution in [0.25, 0.3) is 0 Å². The van der Waals surface area contributed by atoms with Gasteiger partial charge in [0.15, 0.2) is 0 Å². The van der Waals surface area contributed by atoms with Gasteiger partial charge in [-0.3, -0.25) is 14.5 Å². The minimum Gasteiger partial charge on any atom is -0.498 e. The van der Waals surface area contributed by atoms with E-state index in [9.17, 15) is 14.4 Å². The van der Waals surface area contributed by atoms with E-state index < -0.39 is 24.7 Å². The van der Waals surface area contributed by atoms with Crippen LogP contribution in [0.2, 0.25) is 6.32 Å². The molecule has 148 valence electrons. The van der Waals surface area contributed by atoms with Crippen molar-refractivity contribution in [3.8, 4) is 11.8 Å². The Morgan fingerprint density at radius 3 is 2.26 bits per heavy atom. The van der Waals surface area contributed by atoms with E-state index in [1.165, 1.54) is 4.90 Å². The van der Waals surface area contributed by atoms with Gasteiger partial charge in [0.2, 0.25) is 0 Å². The summed E-state index contributed by atoms with van der Waals surface area (Å²) in [5.74, 6) is 5.35. The molecule has 1 amide bonds. The molecule has 0 saturated carbocycles. The number of likely N-dealkylation sites (tertiary alicyclic amines) is 1. The van der Waals surface area contributed by atoms with Crippen LogP contribution in [-0.4, -0.2) is 73.8 Å². The number of piperidine rings is 1. The van der Waals surface area contributed by atoms with Crippen molar-refractivity contribution in [1.29, 1.82) is 0 Å². The van der Waals surface area contributed by atoms with Crippen LogP contribution in [0.1, 0.15) is 33.6 Å². The van der Waals surface area contributed by atoms with Crippen molar-refractivity contribution in [2.75, 3.05) is 33.2 Å². The summed E-state index contributed by atoms with van der Waals surface area (Å²) in [5, 5.41) is 0. The first-order chi connectivity index (χ1) is 12.6. The van der Waals surface area contributed by atoms with Gasteiger partial charge in [-0.05, 0) is 40.7 Å². The van der Waals surface area contributed by atoms with Crippen molar-refractivity contribution in [1.82, 2.24) is 9.80 Å². The van der Waals surface area contributed by atoms with Crippen LogP contribution in [0, 0.1) is 17.8 Å². The lowest BCUT2D eigenvalue weighted by molar-refractivity contribution is -0.145. The predicted octanol–water partition coefficient (Wildman–Crippen LogP) is 1.16. The summed E-state index contributed by atoms with van der Waals surface area (Å²) in [5.41, 5.74) is -0.505. The molecule has 0 atom stereocenters. The topological polar surface area (TPSA) is 85.4 Å². The van der Waals surface area contributed by atoms with Crippen LogP contribution >= 0.6 is 0 Å². The highest BCUT2D eigenvalue weighted by Gasteiger charge is 2.31. The Kier molecular flexibility index (Phi) is 7.14. The van der Waals surface area contributed by atoms with Crippen LogP contribution in [-0.2, 0) is 23.6 Å². The fourth-order valence-electron chi connectivity index (χ4n) is 2.79. The number of rotatable bonds is 1. The molecule has 0 bridgehead atoms. The van der Waals surface area contributed by atoms with E-state index in [4.69, 9.17) is 14.0 Å². The third-order valence-corrected chi connectivity index (χ3v) is 4.05. The number of ether oxygens (including phenoxy) is 1. The highest BCUT2D eigenvalue weighted by Crippen LogP contribution is 2.19. The van der Waals surface area contributed by atoms with Gasteiger partial charge >= 0.3 is 25.2 Å². The van der Waals surface area contributed by atoms with Crippen molar-refractivity contribution in [3.63, 3.8) is 0 Å². The molecule has 2 heterocycles. The Morgan fingerprint density at radius 1 is 1.19 bits per heavy atom. The summed E-state index contributed by atoms with van der Waals surface area (Å²) >= 11 is 0. The lowest BCUT2D eigenvalue weighted by Gasteiger charge is -2.31. The van der Waals surface area contributed by atoms with Crippen LogP contribution in [0.15, 0.2) is 0 Å². The molecule has 2 aliphatic heterocycles. The first kappa shape index (κ1) is 21.1. The second kappa shape index (κ2) is 9.13. The molecule has 27 heavy (non-hydrogen) atoms. The predicted molar refractivity (Wildman–Crippen MR) is 98.5 cm³/mol. The molecule has 0 aromatic carbocycles. The minimum atomic E-state index is -0.965. The quantitative estimate of drug-likeness (QED) is 0.500. The average molecular weight is 378 g/mol. The Morgan fingerprint density at radius 2 is 1.74 bits per heavy atom. The van der Waals surface area contributed by atoms with Crippen molar-refractivity contribution < 1.29 is 28.4 Å².